The number of aromatic amines is 1. The number of nitrogens with one attached hydrogen (secondary N) is 1. The van der Waals surface area contributed by atoms with Gasteiger partial charge in [0, 0.05) is 24.1 Å². The highest BCUT2D eigenvalue weighted by Crippen LogP contribution is 2.23. The largest absolute Gasteiger partial charge is 0.361 e. The van der Waals surface area contributed by atoms with E-state index in [1.54, 1.807) is 15.9 Å². The molecule has 136 valence electrons. The fraction of sp³-hybridized carbons (Fsp3) is 0.190. The van der Waals surface area contributed by atoms with Crippen LogP contribution in [0.5, 0.6) is 0 Å². The molecule has 6 nitrogen and oxygen atoms in total. The molecule has 27 heavy (non-hydrogen) atoms. The zero-order valence-corrected chi connectivity index (χ0v) is 15.3. The predicted octanol–water partition coefficient (Wildman–Crippen LogP) is 3.51. The van der Waals surface area contributed by atoms with E-state index in [0.717, 1.165) is 27.7 Å². The van der Waals surface area contributed by atoms with E-state index in [1.807, 2.05) is 68.7 Å². The molecule has 1 amide bonds. The Bertz CT molecular complexity index is 1050. The van der Waals surface area contributed by atoms with Crippen LogP contribution >= 0.6 is 0 Å². The monoisotopic (exact) mass is 359 g/mol. The SMILES string of the molecule is C[C@H](c1ccc(-n2cncn2)cc1)N(C)C(=O)Cc1c[nH]c2ccccc12. The number of hydrogen-bond donors (Lipinski definition) is 1. The van der Waals surface area contributed by atoms with E-state index in [9.17, 15) is 4.79 Å². The van der Waals surface area contributed by atoms with Crippen LogP contribution in [0.3, 0.4) is 0 Å². The van der Waals surface area contributed by atoms with Gasteiger partial charge in [0.15, 0.2) is 0 Å². The number of rotatable bonds is 5. The topological polar surface area (TPSA) is 66.8 Å². The summed E-state index contributed by atoms with van der Waals surface area (Å²) >= 11 is 0. The highest BCUT2D eigenvalue weighted by molar-refractivity contribution is 5.88. The van der Waals surface area contributed by atoms with Gasteiger partial charge in [0.25, 0.3) is 0 Å². The number of carbonyl (C=O) groups excluding carboxylic acids is 1. The van der Waals surface area contributed by atoms with Crippen LogP contribution < -0.4 is 0 Å². The molecule has 4 aromatic rings. The quantitative estimate of drug-likeness (QED) is 0.593. The van der Waals surface area contributed by atoms with E-state index < -0.39 is 0 Å². The Morgan fingerprint density at radius 1 is 1.19 bits per heavy atom. The van der Waals surface area contributed by atoms with E-state index in [1.165, 1.54) is 6.33 Å². The number of carbonyl (C=O) groups is 1. The summed E-state index contributed by atoms with van der Waals surface area (Å²) in [6, 6.07) is 16.0. The molecule has 1 atom stereocenters. The van der Waals surface area contributed by atoms with Crippen LogP contribution in [-0.2, 0) is 11.2 Å². The number of hydrogen-bond acceptors (Lipinski definition) is 3. The van der Waals surface area contributed by atoms with Crippen molar-refractivity contribution in [2.75, 3.05) is 7.05 Å². The first-order valence-corrected chi connectivity index (χ1v) is 8.89. The minimum atomic E-state index is -0.0208. The van der Waals surface area contributed by atoms with Gasteiger partial charge in [-0.05, 0) is 36.2 Å². The van der Waals surface area contributed by atoms with E-state index in [2.05, 4.69) is 15.1 Å². The molecule has 0 fully saturated rings. The van der Waals surface area contributed by atoms with Crippen molar-refractivity contribution in [2.24, 2.45) is 0 Å². The molecule has 0 aliphatic carbocycles. The molecule has 0 spiro atoms. The average Bonchev–Trinajstić information content (AvgIpc) is 3.38. The Hall–Kier alpha value is -3.41. The first-order valence-electron chi connectivity index (χ1n) is 8.89. The van der Waals surface area contributed by atoms with Gasteiger partial charge in [-0.3, -0.25) is 4.79 Å². The van der Waals surface area contributed by atoms with Crippen molar-refractivity contribution in [3.63, 3.8) is 0 Å². The zero-order valence-electron chi connectivity index (χ0n) is 15.3. The maximum Gasteiger partial charge on any atom is 0.227 e. The molecule has 0 aliphatic rings. The van der Waals surface area contributed by atoms with Crippen molar-refractivity contribution in [3.8, 4) is 5.69 Å². The van der Waals surface area contributed by atoms with Crippen LogP contribution in [-0.4, -0.2) is 37.6 Å². The minimum Gasteiger partial charge on any atom is -0.361 e. The van der Waals surface area contributed by atoms with Gasteiger partial charge in [-0.25, -0.2) is 9.67 Å². The molecule has 0 saturated carbocycles. The van der Waals surface area contributed by atoms with Gasteiger partial charge in [0.1, 0.15) is 12.7 Å². The van der Waals surface area contributed by atoms with Crippen LogP contribution in [0.2, 0.25) is 0 Å². The molecule has 0 bridgehead atoms. The summed E-state index contributed by atoms with van der Waals surface area (Å²) in [6.07, 6.45) is 5.47. The first kappa shape index (κ1) is 17.0. The lowest BCUT2D eigenvalue weighted by atomic mass is 10.1. The number of nitrogens with zero attached hydrogens (tertiary/aromatic N) is 4. The summed E-state index contributed by atoms with van der Waals surface area (Å²) in [5.41, 5.74) is 4.10. The smallest absolute Gasteiger partial charge is 0.227 e. The lowest BCUT2D eigenvalue weighted by molar-refractivity contribution is -0.131. The minimum absolute atomic E-state index is 0.0208. The van der Waals surface area contributed by atoms with Crippen molar-refractivity contribution in [3.05, 3.63) is 78.5 Å². The normalized spacial score (nSPS) is 12.2. The van der Waals surface area contributed by atoms with Crippen LogP contribution in [0.4, 0.5) is 0 Å². The number of aromatic nitrogens is 4. The Labute approximate surface area is 157 Å². The number of amides is 1. The van der Waals surface area contributed by atoms with Gasteiger partial charge >= 0.3 is 0 Å². The highest BCUT2D eigenvalue weighted by atomic mass is 16.2. The number of likely N-dealkylation sites (N-methyl/N-ethyl adjacent to an activating group) is 1. The number of benzene rings is 2. The van der Waals surface area contributed by atoms with Crippen LogP contribution in [0, 0.1) is 0 Å². The molecule has 0 radical (unpaired) electrons. The number of fused-ring (bicyclic) bond motifs is 1. The maximum absolute atomic E-state index is 12.8. The Kier molecular flexibility index (Phi) is 4.46. The van der Waals surface area contributed by atoms with Crippen molar-refractivity contribution >= 4 is 16.8 Å². The molecule has 2 heterocycles. The average molecular weight is 359 g/mol. The third kappa shape index (κ3) is 3.33. The summed E-state index contributed by atoms with van der Waals surface area (Å²) in [5, 5.41) is 5.23. The summed E-state index contributed by atoms with van der Waals surface area (Å²) in [4.78, 5) is 21.8. The molecule has 0 unspecified atom stereocenters. The van der Waals surface area contributed by atoms with Crippen molar-refractivity contribution in [1.82, 2.24) is 24.6 Å². The summed E-state index contributed by atoms with van der Waals surface area (Å²) < 4.78 is 1.71. The third-order valence-corrected chi connectivity index (χ3v) is 5.05. The van der Waals surface area contributed by atoms with Crippen LogP contribution in [0.15, 0.2) is 67.4 Å². The van der Waals surface area contributed by atoms with Crippen molar-refractivity contribution < 1.29 is 4.79 Å². The molecular formula is C21H21N5O. The van der Waals surface area contributed by atoms with Crippen LogP contribution in [0.25, 0.3) is 16.6 Å². The van der Waals surface area contributed by atoms with Gasteiger partial charge in [-0.2, -0.15) is 5.10 Å². The standard InChI is InChI=1S/C21H21N5O/c1-15(16-7-9-18(10-8-16)26-14-22-13-24-26)25(2)21(27)11-17-12-23-20-6-4-3-5-19(17)20/h3-10,12-15,23H,11H2,1-2H3/t15-/m1/s1. The predicted molar refractivity (Wildman–Crippen MR) is 105 cm³/mol. The molecule has 1 N–H and O–H groups in total. The maximum atomic E-state index is 12.8. The molecule has 0 aliphatic heterocycles. The zero-order chi connectivity index (χ0) is 18.8. The first-order chi connectivity index (χ1) is 13.1. The van der Waals surface area contributed by atoms with E-state index >= 15 is 0 Å². The Morgan fingerprint density at radius 3 is 2.70 bits per heavy atom. The molecule has 2 aromatic heterocycles. The number of H-pyrrole nitrogens is 1. The van der Waals surface area contributed by atoms with E-state index in [4.69, 9.17) is 0 Å². The second-order valence-corrected chi connectivity index (χ2v) is 6.65. The molecular weight excluding hydrogens is 338 g/mol. The summed E-state index contributed by atoms with van der Waals surface area (Å²) in [5.74, 6) is 0.0904. The molecule has 0 saturated heterocycles. The van der Waals surface area contributed by atoms with Gasteiger partial charge < -0.3 is 9.88 Å². The van der Waals surface area contributed by atoms with Gasteiger partial charge in [0.05, 0.1) is 18.2 Å². The van der Waals surface area contributed by atoms with Gasteiger partial charge in [-0.15, -0.1) is 0 Å². The fourth-order valence-corrected chi connectivity index (χ4v) is 3.25. The van der Waals surface area contributed by atoms with Crippen molar-refractivity contribution in [1.29, 1.82) is 0 Å². The summed E-state index contributed by atoms with van der Waals surface area (Å²) in [7, 11) is 1.85. The van der Waals surface area contributed by atoms with Crippen LogP contribution in [0.1, 0.15) is 24.1 Å². The lowest BCUT2D eigenvalue weighted by Gasteiger charge is -2.25. The van der Waals surface area contributed by atoms with E-state index in [-0.39, 0.29) is 11.9 Å². The van der Waals surface area contributed by atoms with Gasteiger partial charge in [-0.1, -0.05) is 30.3 Å². The Balaban J connectivity index is 1.48. The van der Waals surface area contributed by atoms with Crippen molar-refractivity contribution in [2.45, 2.75) is 19.4 Å². The fourth-order valence-electron chi connectivity index (χ4n) is 3.25. The third-order valence-electron chi connectivity index (χ3n) is 5.05. The highest BCUT2D eigenvalue weighted by Gasteiger charge is 2.19. The van der Waals surface area contributed by atoms with Gasteiger partial charge in [0.2, 0.25) is 5.91 Å². The molecule has 6 heteroatoms. The second kappa shape index (κ2) is 7.07. The summed E-state index contributed by atoms with van der Waals surface area (Å²) in [6.45, 7) is 2.04. The second-order valence-electron chi connectivity index (χ2n) is 6.65. The number of para-hydroxylation sites is 1. The lowest BCUT2D eigenvalue weighted by Crippen LogP contribution is -2.30. The molecule has 4 rings (SSSR count). The Morgan fingerprint density at radius 2 is 1.96 bits per heavy atom. The van der Waals surface area contributed by atoms with E-state index in [0.29, 0.717) is 6.42 Å². The molecule has 2 aromatic carbocycles.